The van der Waals surface area contributed by atoms with E-state index in [0.717, 1.165) is 13.0 Å². The number of hydrogen-bond donors (Lipinski definition) is 2. The highest BCUT2D eigenvalue weighted by atomic mass is 16.5. The molecule has 2 N–H and O–H groups in total. The number of ether oxygens (including phenoxy) is 2. The summed E-state index contributed by atoms with van der Waals surface area (Å²) in [6.07, 6.45) is 5.79. The molecule has 4 nitrogen and oxygen atoms in total. The zero-order valence-corrected chi connectivity index (χ0v) is 9.65. The van der Waals surface area contributed by atoms with Gasteiger partial charge >= 0.3 is 0 Å². The lowest BCUT2D eigenvalue weighted by Crippen LogP contribution is -2.21. The Kier molecular flexibility index (Phi) is 11.8. The molecule has 1 fully saturated rings. The van der Waals surface area contributed by atoms with Crippen molar-refractivity contribution in [1.29, 1.82) is 0 Å². The van der Waals surface area contributed by atoms with Crippen LogP contribution in [0.1, 0.15) is 32.6 Å². The zero-order valence-electron chi connectivity index (χ0n) is 9.65. The van der Waals surface area contributed by atoms with Crippen molar-refractivity contribution >= 4 is 0 Å². The average molecular weight is 220 g/mol. The van der Waals surface area contributed by atoms with Gasteiger partial charge in [0.1, 0.15) is 0 Å². The van der Waals surface area contributed by atoms with Gasteiger partial charge in [0.05, 0.1) is 32.5 Å². The molecule has 15 heavy (non-hydrogen) atoms. The molecule has 1 saturated carbocycles. The number of aliphatic hydroxyl groups is 2. The second-order valence-electron chi connectivity index (χ2n) is 3.48. The largest absolute Gasteiger partial charge is 0.394 e. The van der Waals surface area contributed by atoms with E-state index >= 15 is 0 Å². The Balaban J connectivity index is 0.000000265. The Hall–Kier alpha value is -0.160. The fourth-order valence-electron chi connectivity index (χ4n) is 1.05. The average Bonchev–Trinajstić information content (AvgIpc) is 2.18. The standard InChI is InChI=1S/C7H14O.C4H10O3/c1-2-6-8-7-4-3-5-7;5-1-3-7-4-2-6/h7H,2-6H2,1H3;5-6H,1-4H2. The molecule has 0 heterocycles. The van der Waals surface area contributed by atoms with E-state index in [-0.39, 0.29) is 13.2 Å². The van der Waals surface area contributed by atoms with Gasteiger partial charge in [0, 0.05) is 6.61 Å². The summed E-state index contributed by atoms with van der Waals surface area (Å²) in [5.41, 5.74) is 0. The van der Waals surface area contributed by atoms with Gasteiger partial charge in [0.2, 0.25) is 0 Å². The van der Waals surface area contributed by atoms with Crippen LogP contribution in [0.5, 0.6) is 0 Å². The molecule has 0 spiro atoms. The molecule has 0 aromatic carbocycles. The summed E-state index contributed by atoms with van der Waals surface area (Å²) in [6.45, 7) is 3.81. The second-order valence-corrected chi connectivity index (χ2v) is 3.48. The van der Waals surface area contributed by atoms with Crippen LogP contribution in [0.2, 0.25) is 0 Å². The maximum absolute atomic E-state index is 8.09. The van der Waals surface area contributed by atoms with Crippen LogP contribution in [0, 0.1) is 0 Å². The molecule has 1 aliphatic rings. The first-order valence-electron chi connectivity index (χ1n) is 5.76. The molecule has 0 aromatic heterocycles. The van der Waals surface area contributed by atoms with Crippen LogP contribution in [0.4, 0.5) is 0 Å². The smallest absolute Gasteiger partial charge is 0.0698 e. The molecule has 0 bridgehead atoms. The van der Waals surface area contributed by atoms with Crippen molar-refractivity contribution in [2.45, 2.75) is 38.7 Å². The highest BCUT2D eigenvalue weighted by Crippen LogP contribution is 2.21. The van der Waals surface area contributed by atoms with Crippen LogP contribution in [-0.2, 0) is 9.47 Å². The van der Waals surface area contributed by atoms with Crippen molar-refractivity contribution in [3.8, 4) is 0 Å². The second kappa shape index (κ2) is 11.9. The minimum atomic E-state index is 0.0278. The van der Waals surface area contributed by atoms with Crippen molar-refractivity contribution < 1.29 is 19.7 Å². The summed E-state index contributed by atoms with van der Waals surface area (Å²) in [7, 11) is 0. The Morgan fingerprint density at radius 3 is 2.00 bits per heavy atom. The van der Waals surface area contributed by atoms with E-state index in [1.807, 2.05) is 0 Å². The fraction of sp³-hybridized carbons (Fsp3) is 1.00. The summed E-state index contributed by atoms with van der Waals surface area (Å²) in [5.74, 6) is 0. The molecule has 1 aliphatic carbocycles. The van der Waals surface area contributed by atoms with E-state index in [1.165, 1.54) is 19.3 Å². The van der Waals surface area contributed by atoms with Gasteiger partial charge in [-0.05, 0) is 25.7 Å². The highest BCUT2D eigenvalue weighted by molar-refractivity contribution is 4.68. The summed E-state index contributed by atoms with van der Waals surface area (Å²) in [4.78, 5) is 0. The topological polar surface area (TPSA) is 58.9 Å². The van der Waals surface area contributed by atoms with Gasteiger partial charge in [-0.3, -0.25) is 0 Å². The van der Waals surface area contributed by atoms with E-state index in [2.05, 4.69) is 11.7 Å². The first-order valence-corrected chi connectivity index (χ1v) is 5.76. The lowest BCUT2D eigenvalue weighted by molar-refractivity contribution is 0.00286. The van der Waals surface area contributed by atoms with E-state index in [0.29, 0.717) is 19.3 Å². The molecule has 0 amide bonds. The molecular weight excluding hydrogens is 196 g/mol. The fourth-order valence-corrected chi connectivity index (χ4v) is 1.05. The third kappa shape index (κ3) is 10.1. The van der Waals surface area contributed by atoms with Gasteiger partial charge in [-0.15, -0.1) is 0 Å². The Bertz CT molecular complexity index is 111. The molecule has 1 rings (SSSR count). The molecule has 0 radical (unpaired) electrons. The summed E-state index contributed by atoms with van der Waals surface area (Å²) < 4.78 is 10.1. The maximum Gasteiger partial charge on any atom is 0.0698 e. The molecule has 4 heteroatoms. The van der Waals surface area contributed by atoms with Gasteiger partial charge in [-0.25, -0.2) is 0 Å². The lowest BCUT2D eigenvalue weighted by Gasteiger charge is -2.25. The number of rotatable bonds is 7. The van der Waals surface area contributed by atoms with Gasteiger partial charge < -0.3 is 19.7 Å². The first kappa shape index (κ1) is 14.8. The van der Waals surface area contributed by atoms with E-state index in [9.17, 15) is 0 Å². The monoisotopic (exact) mass is 220 g/mol. The predicted octanol–water partition coefficient (Wildman–Crippen LogP) is 0.953. The minimum absolute atomic E-state index is 0.0278. The van der Waals surface area contributed by atoms with E-state index in [4.69, 9.17) is 14.9 Å². The Labute approximate surface area is 92.2 Å². The Morgan fingerprint density at radius 1 is 1.07 bits per heavy atom. The van der Waals surface area contributed by atoms with Crippen molar-refractivity contribution in [3.05, 3.63) is 0 Å². The van der Waals surface area contributed by atoms with Crippen LogP contribution in [0.25, 0.3) is 0 Å². The van der Waals surface area contributed by atoms with Crippen LogP contribution in [-0.4, -0.2) is 49.4 Å². The van der Waals surface area contributed by atoms with Gasteiger partial charge in [0.15, 0.2) is 0 Å². The SMILES string of the molecule is CCCOC1CCC1.OCCOCCO. The minimum Gasteiger partial charge on any atom is -0.394 e. The van der Waals surface area contributed by atoms with Crippen molar-refractivity contribution in [2.24, 2.45) is 0 Å². The number of aliphatic hydroxyl groups excluding tert-OH is 2. The highest BCUT2D eigenvalue weighted by Gasteiger charge is 2.16. The third-order valence-electron chi connectivity index (χ3n) is 2.08. The van der Waals surface area contributed by atoms with Crippen molar-refractivity contribution in [3.63, 3.8) is 0 Å². The summed E-state index contributed by atoms with van der Waals surface area (Å²) >= 11 is 0. The normalized spacial score (nSPS) is 15.4. The molecule has 0 saturated heterocycles. The van der Waals surface area contributed by atoms with Crippen LogP contribution < -0.4 is 0 Å². The van der Waals surface area contributed by atoms with E-state index < -0.39 is 0 Å². The summed E-state index contributed by atoms with van der Waals surface area (Å²) in [5, 5.41) is 16.2. The number of hydrogen-bond acceptors (Lipinski definition) is 4. The molecule has 92 valence electrons. The molecule has 0 atom stereocenters. The van der Waals surface area contributed by atoms with E-state index in [1.54, 1.807) is 0 Å². The molecule has 0 unspecified atom stereocenters. The van der Waals surface area contributed by atoms with Crippen molar-refractivity contribution in [2.75, 3.05) is 33.0 Å². The third-order valence-corrected chi connectivity index (χ3v) is 2.08. The van der Waals surface area contributed by atoms with Gasteiger partial charge in [-0.2, -0.15) is 0 Å². The lowest BCUT2D eigenvalue weighted by atomic mass is 9.96. The quantitative estimate of drug-likeness (QED) is 0.627. The molecule has 0 aromatic rings. The predicted molar refractivity (Wildman–Crippen MR) is 58.9 cm³/mol. The zero-order chi connectivity index (χ0) is 11.4. The van der Waals surface area contributed by atoms with Crippen molar-refractivity contribution in [1.82, 2.24) is 0 Å². The Morgan fingerprint density at radius 2 is 1.67 bits per heavy atom. The molecular formula is C11H24O4. The van der Waals surface area contributed by atoms with Crippen LogP contribution in [0.3, 0.4) is 0 Å². The van der Waals surface area contributed by atoms with Gasteiger partial charge in [-0.1, -0.05) is 6.92 Å². The first-order chi connectivity index (χ1) is 7.35. The summed E-state index contributed by atoms with van der Waals surface area (Å²) in [6, 6.07) is 0. The van der Waals surface area contributed by atoms with Crippen LogP contribution >= 0.6 is 0 Å². The van der Waals surface area contributed by atoms with Gasteiger partial charge in [0.25, 0.3) is 0 Å². The molecule has 0 aliphatic heterocycles. The maximum atomic E-state index is 8.09. The van der Waals surface area contributed by atoms with Crippen LogP contribution in [0.15, 0.2) is 0 Å².